The van der Waals surface area contributed by atoms with Crippen molar-refractivity contribution in [1.29, 1.82) is 0 Å². The summed E-state index contributed by atoms with van der Waals surface area (Å²) in [4.78, 5) is 15.7. The van der Waals surface area contributed by atoms with Crippen molar-refractivity contribution in [3.05, 3.63) is 34.6 Å². The van der Waals surface area contributed by atoms with Gasteiger partial charge < -0.3 is 15.6 Å². The highest BCUT2D eigenvalue weighted by Gasteiger charge is 2.24. The zero-order chi connectivity index (χ0) is 12.7. The maximum atomic E-state index is 11.4. The minimum Gasteiger partial charge on any atom is -0.368 e. The Labute approximate surface area is 112 Å². The lowest BCUT2D eigenvalue weighted by atomic mass is 10.1. The second kappa shape index (κ2) is 4.13. The van der Waals surface area contributed by atoms with E-state index in [9.17, 15) is 4.79 Å². The molecule has 0 fully saturated rings. The summed E-state index contributed by atoms with van der Waals surface area (Å²) in [5, 5.41) is 3.24. The molecule has 0 saturated heterocycles. The summed E-state index contributed by atoms with van der Waals surface area (Å²) in [5.41, 5.74) is 7.07. The zero-order valence-corrected chi connectivity index (χ0v) is 11.1. The number of carbonyl (C=O) groups excluding carboxylic acids is 1. The number of rotatable bonds is 2. The molecule has 0 spiro atoms. The van der Waals surface area contributed by atoms with E-state index in [0.717, 1.165) is 28.1 Å². The lowest BCUT2D eigenvalue weighted by Crippen LogP contribution is -2.17. The third kappa shape index (κ3) is 1.69. The molecule has 0 bridgehead atoms. The fraction of sp³-hybridized carbons (Fsp3) is 0.167. The Morgan fingerprint density at radius 3 is 3.06 bits per heavy atom. The van der Waals surface area contributed by atoms with Gasteiger partial charge in [0, 0.05) is 23.1 Å². The van der Waals surface area contributed by atoms with Crippen LogP contribution in [0, 0.1) is 0 Å². The molecule has 2 aromatic rings. The summed E-state index contributed by atoms with van der Waals surface area (Å²) < 4.78 is 2.80. The Morgan fingerprint density at radius 2 is 2.33 bits per heavy atom. The van der Waals surface area contributed by atoms with Gasteiger partial charge in [0.05, 0.1) is 0 Å². The predicted molar refractivity (Wildman–Crippen MR) is 72.4 cm³/mol. The summed E-state index contributed by atoms with van der Waals surface area (Å²) in [6, 6.07) is 7.80. The Kier molecular flexibility index (Phi) is 2.59. The number of aromatic nitrogens is 2. The molecule has 1 aromatic carbocycles. The highest BCUT2D eigenvalue weighted by Crippen LogP contribution is 2.32. The van der Waals surface area contributed by atoms with Gasteiger partial charge in [-0.2, -0.15) is 0 Å². The number of carbonyl (C=O) groups is 1. The van der Waals surface area contributed by atoms with E-state index in [1.807, 2.05) is 28.8 Å². The lowest BCUT2D eigenvalue weighted by Gasteiger charge is -2.01. The first-order chi connectivity index (χ1) is 8.66. The van der Waals surface area contributed by atoms with Crippen LogP contribution in [0.1, 0.15) is 10.6 Å². The molecule has 0 unspecified atom stereocenters. The van der Waals surface area contributed by atoms with Gasteiger partial charge in [0.1, 0.15) is 11.5 Å². The summed E-state index contributed by atoms with van der Waals surface area (Å²) in [7, 11) is 0. The second-order valence-electron chi connectivity index (χ2n) is 4.09. The van der Waals surface area contributed by atoms with Gasteiger partial charge in [-0.3, -0.25) is 4.79 Å². The average molecular weight is 307 g/mol. The summed E-state index contributed by atoms with van der Waals surface area (Å²) in [6.07, 6.45) is 0. The van der Waals surface area contributed by atoms with Crippen molar-refractivity contribution in [2.45, 2.75) is 6.54 Å². The predicted octanol–water partition coefficient (Wildman–Crippen LogP) is 1.84. The van der Waals surface area contributed by atoms with Gasteiger partial charge in [0.2, 0.25) is 5.82 Å². The highest BCUT2D eigenvalue weighted by molar-refractivity contribution is 9.10. The molecule has 18 heavy (non-hydrogen) atoms. The minimum atomic E-state index is -0.499. The van der Waals surface area contributed by atoms with E-state index >= 15 is 0 Å². The van der Waals surface area contributed by atoms with Crippen molar-refractivity contribution in [1.82, 2.24) is 9.55 Å². The first kappa shape index (κ1) is 11.3. The smallest absolute Gasteiger partial charge is 0.284 e. The Balaban J connectivity index is 2.19. The van der Waals surface area contributed by atoms with Crippen molar-refractivity contribution in [2.24, 2.45) is 5.73 Å². The molecule has 0 aliphatic carbocycles. The van der Waals surface area contributed by atoms with E-state index in [4.69, 9.17) is 5.73 Å². The van der Waals surface area contributed by atoms with Crippen LogP contribution in [0.5, 0.6) is 0 Å². The molecule has 3 rings (SSSR count). The van der Waals surface area contributed by atoms with Crippen molar-refractivity contribution < 1.29 is 4.79 Å². The summed E-state index contributed by atoms with van der Waals surface area (Å²) in [6.45, 7) is 1.51. The average Bonchev–Trinajstić information content (AvgIpc) is 2.88. The molecule has 0 saturated carbocycles. The fourth-order valence-corrected chi connectivity index (χ4v) is 2.56. The number of hydrogen-bond donors (Lipinski definition) is 2. The van der Waals surface area contributed by atoms with E-state index in [1.165, 1.54) is 0 Å². The SMILES string of the molecule is NC(=O)c1nc(-c2cccc(Br)c2)c2n1CCN2. The number of halogens is 1. The van der Waals surface area contributed by atoms with Crippen molar-refractivity contribution in [3.8, 4) is 11.3 Å². The van der Waals surface area contributed by atoms with Crippen LogP contribution in [0.4, 0.5) is 5.82 Å². The van der Waals surface area contributed by atoms with Crippen LogP contribution in [0.2, 0.25) is 0 Å². The van der Waals surface area contributed by atoms with Gasteiger partial charge in [0.25, 0.3) is 5.91 Å². The number of benzene rings is 1. The minimum absolute atomic E-state index is 0.310. The standard InChI is InChI=1S/C12H11BrN4O/c13-8-3-1-2-7(6-8)9-11-15-4-5-17(11)12(16-9)10(14)18/h1-3,6,15H,4-5H2,(H2,14,18). The Bertz CT molecular complexity index is 635. The Hall–Kier alpha value is -1.82. The van der Waals surface area contributed by atoms with Gasteiger partial charge in [-0.25, -0.2) is 4.98 Å². The van der Waals surface area contributed by atoms with E-state index < -0.39 is 5.91 Å². The number of fused-ring (bicyclic) bond motifs is 1. The zero-order valence-electron chi connectivity index (χ0n) is 9.48. The number of hydrogen-bond acceptors (Lipinski definition) is 3. The van der Waals surface area contributed by atoms with Crippen molar-refractivity contribution in [2.75, 3.05) is 11.9 Å². The maximum absolute atomic E-state index is 11.4. The van der Waals surface area contributed by atoms with Crippen LogP contribution in [-0.2, 0) is 6.54 Å². The largest absolute Gasteiger partial charge is 0.368 e. The normalized spacial score (nSPS) is 13.2. The molecule has 1 aliphatic heterocycles. The topological polar surface area (TPSA) is 72.9 Å². The molecule has 2 heterocycles. The third-order valence-electron chi connectivity index (χ3n) is 2.91. The number of nitrogens with two attached hydrogens (primary N) is 1. The third-order valence-corrected chi connectivity index (χ3v) is 3.41. The quantitative estimate of drug-likeness (QED) is 0.889. The first-order valence-corrected chi connectivity index (χ1v) is 6.36. The molecule has 0 radical (unpaired) electrons. The summed E-state index contributed by atoms with van der Waals surface area (Å²) in [5.74, 6) is 0.674. The summed E-state index contributed by atoms with van der Waals surface area (Å²) >= 11 is 3.43. The second-order valence-corrected chi connectivity index (χ2v) is 5.00. The molecule has 1 amide bonds. The Morgan fingerprint density at radius 1 is 1.50 bits per heavy atom. The molecular weight excluding hydrogens is 296 g/mol. The molecule has 6 heteroatoms. The monoisotopic (exact) mass is 306 g/mol. The maximum Gasteiger partial charge on any atom is 0.284 e. The van der Waals surface area contributed by atoms with Gasteiger partial charge in [-0.1, -0.05) is 28.1 Å². The lowest BCUT2D eigenvalue weighted by molar-refractivity contribution is 0.0987. The molecule has 0 atom stereocenters. The first-order valence-electron chi connectivity index (χ1n) is 5.57. The van der Waals surface area contributed by atoms with Crippen molar-refractivity contribution in [3.63, 3.8) is 0 Å². The molecule has 3 N–H and O–H groups in total. The van der Waals surface area contributed by atoms with Crippen LogP contribution in [0.15, 0.2) is 28.7 Å². The van der Waals surface area contributed by atoms with Crippen LogP contribution in [0.3, 0.4) is 0 Å². The highest BCUT2D eigenvalue weighted by atomic mass is 79.9. The van der Waals surface area contributed by atoms with Gasteiger partial charge in [-0.15, -0.1) is 0 Å². The molecule has 5 nitrogen and oxygen atoms in total. The molecular formula is C12H11BrN4O. The number of anilines is 1. The van der Waals surface area contributed by atoms with Crippen LogP contribution >= 0.6 is 15.9 Å². The molecule has 92 valence electrons. The van der Waals surface area contributed by atoms with E-state index in [1.54, 1.807) is 0 Å². The molecule has 1 aromatic heterocycles. The van der Waals surface area contributed by atoms with Crippen LogP contribution < -0.4 is 11.1 Å². The van der Waals surface area contributed by atoms with Crippen LogP contribution in [0.25, 0.3) is 11.3 Å². The van der Waals surface area contributed by atoms with Crippen molar-refractivity contribution >= 4 is 27.7 Å². The molecule has 1 aliphatic rings. The van der Waals surface area contributed by atoms with E-state index in [2.05, 4.69) is 26.2 Å². The fourth-order valence-electron chi connectivity index (χ4n) is 2.16. The number of primary amides is 1. The van der Waals surface area contributed by atoms with E-state index in [-0.39, 0.29) is 0 Å². The van der Waals surface area contributed by atoms with Gasteiger partial charge in [-0.05, 0) is 12.1 Å². The van der Waals surface area contributed by atoms with Gasteiger partial charge in [0.15, 0.2) is 0 Å². The van der Waals surface area contributed by atoms with Gasteiger partial charge >= 0.3 is 0 Å². The number of imidazole rings is 1. The van der Waals surface area contributed by atoms with Crippen LogP contribution in [-0.4, -0.2) is 22.0 Å². The number of amides is 1. The number of nitrogens with one attached hydrogen (secondary N) is 1. The van der Waals surface area contributed by atoms with E-state index in [0.29, 0.717) is 12.4 Å². The number of nitrogens with zero attached hydrogens (tertiary/aromatic N) is 2.